The van der Waals surface area contributed by atoms with Crippen LogP contribution in [0.2, 0.25) is 0 Å². The van der Waals surface area contributed by atoms with Crippen LogP contribution in [-0.4, -0.2) is 104 Å². The number of aliphatic hydroxyl groups is 3. The smallest absolute Gasteiger partial charge is 0.306 e. The normalized spacial score (nSPS) is 20.5. The fourth-order valence-electron chi connectivity index (χ4n) is 7.35. The van der Waals surface area contributed by atoms with E-state index >= 15 is 0 Å². The van der Waals surface area contributed by atoms with Crippen molar-refractivity contribution in [2.75, 3.05) is 47.5 Å². The summed E-state index contributed by atoms with van der Waals surface area (Å²) in [6, 6.07) is 0. The Labute approximate surface area is 370 Å². The predicted octanol–water partition coefficient (Wildman–Crippen LogP) is 9.44. The Bertz CT molecular complexity index is 1250. The van der Waals surface area contributed by atoms with Crippen LogP contribution in [0.25, 0.3) is 0 Å². The molecule has 0 heterocycles. The van der Waals surface area contributed by atoms with Crippen molar-refractivity contribution in [1.29, 1.82) is 0 Å². The Kier molecular flexibility index (Phi) is 33.2. The molecule has 1 rings (SSSR count). The van der Waals surface area contributed by atoms with Gasteiger partial charge in [-0.2, -0.15) is 0 Å². The summed E-state index contributed by atoms with van der Waals surface area (Å²) in [7, 11) is 1.03. The molecular weight excluding hydrogens is 797 g/mol. The van der Waals surface area contributed by atoms with Crippen LogP contribution in [0.3, 0.4) is 0 Å². The van der Waals surface area contributed by atoms with Crippen molar-refractivity contribution in [1.82, 2.24) is 0 Å². The van der Waals surface area contributed by atoms with Crippen LogP contribution in [0.4, 0.5) is 0 Å². The van der Waals surface area contributed by atoms with Crippen molar-refractivity contribution < 1.29 is 57.4 Å². The maximum Gasteiger partial charge on any atom is 0.306 e. The molecule has 7 atom stereocenters. The minimum absolute atomic E-state index is 0.0708. The minimum atomic E-state index is -4.69. The Morgan fingerprint density at radius 1 is 0.721 bits per heavy atom. The topological polar surface area (TPSA) is 172 Å². The van der Waals surface area contributed by atoms with Crippen LogP contribution in [0.15, 0.2) is 36.5 Å². The molecule has 12 nitrogen and oxygen atoms in total. The molecule has 0 amide bonds. The van der Waals surface area contributed by atoms with Gasteiger partial charge in [-0.05, 0) is 63.7 Å². The highest BCUT2D eigenvalue weighted by Gasteiger charge is 2.39. The second kappa shape index (κ2) is 35.5. The molecule has 1 aliphatic carbocycles. The SMILES string of the molecule is CCCCCCCC/C=C\CCCCCCCCCC(=O)O[C@H](COC(=O)CCC/C=C/C[C@@H]1[C@@H](/C=C/[C@@H](O)CCCCC)[C@H](O)C[C@@H]1O)COP(=O)([O-])OCC[N+](C)(C)C. The van der Waals surface area contributed by atoms with Gasteiger partial charge < -0.3 is 43.2 Å². The van der Waals surface area contributed by atoms with E-state index in [-0.39, 0.29) is 37.9 Å². The van der Waals surface area contributed by atoms with Crippen molar-refractivity contribution in [3.8, 4) is 0 Å². The maximum atomic E-state index is 12.7. The van der Waals surface area contributed by atoms with Gasteiger partial charge in [0, 0.05) is 25.2 Å². The first kappa shape index (κ1) is 57.1. The molecule has 61 heavy (non-hydrogen) atoms. The Morgan fingerprint density at radius 3 is 1.92 bits per heavy atom. The summed E-state index contributed by atoms with van der Waals surface area (Å²) < 4.78 is 33.9. The van der Waals surface area contributed by atoms with Crippen LogP contribution in [0, 0.1) is 11.8 Å². The first-order chi connectivity index (χ1) is 29.2. The molecule has 1 fully saturated rings. The van der Waals surface area contributed by atoms with Gasteiger partial charge in [0.1, 0.15) is 19.8 Å². The Hall–Kier alpha value is -1.89. The molecule has 13 heteroatoms. The molecule has 0 bridgehead atoms. The van der Waals surface area contributed by atoms with E-state index < -0.39 is 50.8 Å². The molecule has 0 aromatic carbocycles. The lowest BCUT2D eigenvalue weighted by atomic mass is 9.89. The quantitative estimate of drug-likeness (QED) is 0.0177. The van der Waals surface area contributed by atoms with Gasteiger partial charge in [-0.25, -0.2) is 0 Å². The number of aliphatic hydroxyl groups excluding tert-OH is 3. The van der Waals surface area contributed by atoms with Gasteiger partial charge in [-0.3, -0.25) is 14.2 Å². The third-order valence-electron chi connectivity index (χ3n) is 11.2. The van der Waals surface area contributed by atoms with Gasteiger partial charge in [0.15, 0.2) is 6.10 Å². The molecule has 3 N–H and O–H groups in total. The van der Waals surface area contributed by atoms with E-state index in [9.17, 15) is 34.4 Å². The Balaban J connectivity index is 2.46. The highest BCUT2D eigenvalue weighted by molar-refractivity contribution is 7.45. The van der Waals surface area contributed by atoms with E-state index in [0.717, 1.165) is 44.9 Å². The number of unbranched alkanes of at least 4 members (excludes halogenated alkanes) is 16. The fraction of sp³-hybridized carbons (Fsp3) is 0.833. The second-order valence-corrected chi connectivity index (χ2v) is 19.5. The minimum Gasteiger partial charge on any atom is -0.756 e. The van der Waals surface area contributed by atoms with Crippen molar-refractivity contribution in [2.24, 2.45) is 11.8 Å². The first-order valence-corrected chi connectivity index (χ1v) is 25.4. The summed E-state index contributed by atoms with van der Waals surface area (Å²) in [5.74, 6) is -1.44. The van der Waals surface area contributed by atoms with Crippen LogP contribution < -0.4 is 4.89 Å². The summed E-state index contributed by atoms with van der Waals surface area (Å²) >= 11 is 0. The number of allylic oxidation sites excluding steroid dienone is 4. The average molecular weight is 886 g/mol. The van der Waals surface area contributed by atoms with E-state index in [2.05, 4.69) is 26.0 Å². The second-order valence-electron chi connectivity index (χ2n) is 18.1. The van der Waals surface area contributed by atoms with Crippen molar-refractivity contribution in [3.63, 3.8) is 0 Å². The molecule has 0 radical (unpaired) electrons. The number of rotatable bonds is 39. The zero-order chi connectivity index (χ0) is 45.2. The number of carbonyl (C=O) groups is 2. The van der Waals surface area contributed by atoms with Crippen LogP contribution in [0.1, 0.15) is 174 Å². The van der Waals surface area contributed by atoms with Crippen molar-refractivity contribution in [3.05, 3.63) is 36.5 Å². The predicted molar refractivity (Wildman–Crippen MR) is 242 cm³/mol. The van der Waals surface area contributed by atoms with Gasteiger partial charge in [0.2, 0.25) is 0 Å². The number of hydrogen-bond acceptors (Lipinski definition) is 11. The number of phosphoric ester groups is 1. The average Bonchev–Trinajstić information content (AvgIpc) is 3.47. The van der Waals surface area contributed by atoms with Crippen LogP contribution in [-0.2, 0) is 32.7 Å². The third-order valence-corrected chi connectivity index (χ3v) is 12.2. The molecule has 356 valence electrons. The van der Waals surface area contributed by atoms with Crippen LogP contribution in [0.5, 0.6) is 0 Å². The molecule has 0 saturated heterocycles. The summed E-state index contributed by atoms with van der Waals surface area (Å²) in [6.07, 6.45) is 32.6. The molecule has 1 saturated carbocycles. The van der Waals surface area contributed by atoms with Crippen LogP contribution >= 0.6 is 7.82 Å². The summed E-state index contributed by atoms with van der Waals surface area (Å²) in [5, 5.41) is 31.4. The van der Waals surface area contributed by atoms with Gasteiger partial charge >= 0.3 is 11.9 Å². The first-order valence-electron chi connectivity index (χ1n) is 24.0. The highest BCUT2D eigenvalue weighted by Crippen LogP contribution is 2.38. The molecule has 1 unspecified atom stereocenters. The Morgan fingerprint density at radius 2 is 1.28 bits per heavy atom. The summed E-state index contributed by atoms with van der Waals surface area (Å²) in [5.41, 5.74) is 0. The highest BCUT2D eigenvalue weighted by atomic mass is 31.2. The monoisotopic (exact) mass is 886 g/mol. The number of quaternary nitrogens is 1. The number of likely N-dealkylation sites (N-methyl/N-ethyl adjacent to an activating group) is 1. The number of ether oxygens (including phenoxy) is 2. The molecule has 0 aliphatic heterocycles. The van der Waals surface area contributed by atoms with E-state index in [1.165, 1.54) is 64.2 Å². The van der Waals surface area contributed by atoms with Crippen molar-refractivity contribution >= 4 is 19.8 Å². The van der Waals surface area contributed by atoms with Gasteiger partial charge in [0.25, 0.3) is 7.82 Å². The lowest BCUT2D eigenvalue weighted by molar-refractivity contribution is -0.870. The number of nitrogens with zero attached hydrogens (tertiary/aromatic N) is 1. The zero-order valence-corrected chi connectivity index (χ0v) is 39.8. The lowest BCUT2D eigenvalue weighted by Gasteiger charge is -2.28. The summed E-state index contributed by atoms with van der Waals surface area (Å²) in [6.45, 7) is 3.85. The van der Waals surface area contributed by atoms with Gasteiger partial charge in [-0.1, -0.05) is 134 Å². The van der Waals surface area contributed by atoms with Crippen molar-refractivity contribution in [2.45, 2.75) is 199 Å². The third kappa shape index (κ3) is 32.4. The molecule has 0 aromatic heterocycles. The lowest BCUT2D eigenvalue weighted by Crippen LogP contribution is -2.37. The van der Waals surface area contributed by atoms with Gasteiger partial charge in [-0.15, -0.1) is 0 Å². The van der Waals surface area contributed by atoms with Gasteiger partial charge in [0.05, 0.1) is 46.1 Å². The molecule has 0 spiro atoms. The molecule has 1 aliphatic rings. The van der Waals surface area contributed by atoms with E-state index in [1.807, 2.05) is 39.4 Å². The summed E-state index contributed by atoms with van der Waals surface area (Å²) in [4.78, 5) is 37.8. The maximum absolute atomic E-state index is 12.7. The van der Waals surface area contributed by atoms with E-state index in [0.29, 0.717) is 49.6 Å². The number of phosphoric acid groups is 1. The molecular formula is C48H88NO11P. The number of esters is 2. The zero-order valence-electron chi connectivity index (χ0n) is 38.9. The fourth-order valence-corrected chi connectivity index (χ4v) is 8.08. The number of hydrogen-bond donors (Lipinski definition) is 3. The largest absolute Gasteiger partial charge is 0.756 e. The van der Waals surface area contributed by atoms with E-state index in [1.54, 1.807) is 6.08 Å². The standard InChI is InChI=1S/C48H88NO11P/c1-6-8-10-11-12-13-14-15-16-17-18-19-20-21-22-23-29-33-48(54)60-42(40-59-61(55,56)58-37-36-49(3,4)5)39-57-47(53)32-28-25-24-27-31-43-44(46(52)38-45(43)51)35-34-41(50)30-26-9-7-2/h15-16,24,27,34-35,41-46,50-52H,6-14,17-23,25-26,28-33,36-40H2,1-5H3/b16-15-,27-24+,35-34+/t41-,42+,43+,44+,45-,46+/m0/s1. The number of carbonyl (C=O) groups excluding carboxylic acids is 2. The molecule has 0 aromatic rings. The van der Waals surface area contributed by atoms with E-state index in [4.69, 9.17) is 18.5 Å².